The molecule has 1 amide bonds. The predicted octanol–water partition coefficient (Wildman–Crippen LogP) is 3.87. The van der Waals surface area contributed by atoms with Crippen molar-refractivity contribution in [3.8, 4) is 0 Å². The lowest BCUT2D eigenvalue weighted by molar-refractivity contribution is -0.124. The second kappa shape index (κ2) is 7.90. The van der Waals surface area contributed by atoms with Crippen molar-refractivity contribution < 1.29 is 14.3 Å². The van der Waals surface area contributed by atoms with Crippen LogP contribution in [0.3, 0.4) is 0 Å². The molecular formula is C18H15NO3S2. The Morgan fingerprint density at radius 2 is 1.88 bits per heavy atom. The van der Waals surface area contributed by atoms with E-state index < -0.39 is 5.97 Å². The SMILES string of the molecule is O=C(COC(=O)c1ccsc1)N[C@H](c1ccccc1)c1cccs1. The molecular weight excluding hydrogens is 342 g/mol. The van der Waals surface area contributed by atoms with Crippen molar-refractivity contribution in [3.63, 3.8) is 0 Å². The van der Waals surface area contributed by atoms with E-state index in [1.807, 2.05) is 47.8 Å². The third-order valence-corrected chi connectivity index (χ3v) is 4.98. The second-order valence-corrected chi connectivity index (χ2v) is 6.77. The summed E-state index contributed by atoms with van der Waals surface area (Å²) in [5, 5.41) is 8.38. The number of hydrogen-bond acceptors (Lipinski definition) is 5. The molecule has 1 N–H and O–H groups in total. The van der Waals surface area contributed by atoms with Crippen LogP contribution in [0, 0.1) is 0 Å². The molecule has 122 valence electrons. The minimum absolute atomic E-state index is 0.251. The first kappa shape index (κ1) is 16.4. The first-order chi connectivity index (χ1) is 11.7. The molecule has 0 spiro atoms. The fourth-order valence-electron chi connectivity index (χ4n) is 2.22. The average molecular weight is 357 g/mol. The fraction of sp³-hybridized carbons (Fsp3) is 0.111. The monoisotopic (exact) mass is 357 g/mol. The molecule has 3 rings (SSSR count). The molecule has 0 saturated carbocycles. The van der Waals surface area contributed by atoms with Gasteiger partial charge in [0.15, 0.2) is 6.61 Å². The zero-order valence-corrected chi connectivity index (χ0v) is 14.3. The molecule has 0 aliphatic heterocycles. The summed E-state index contributed by atoms with van der Waals surface area (Å²) in [4.78, 5) is 25.0. The number of thiophene rings is 2. The van der Waals surface area contributed by atoms with E-state index in [2.05, 4.69) is 5.32 Å². The Morgan fingerprint density at radius 3 is 2.54 bits per heavy atom. The van der Waals surface area contributed by atoms with Gasteiger partial charge in [-0.2, -0.15) is 11.3 Å². The summed E-state index contributed by atoms with van der Waals surface area (Å²) in [5.74, 6) is -0.820. The van der Waals surface area contributed by atoms with Crippen LogP contribution in [0.25, 0.3) is 0 Å². The molecule has 2 heterocycles. The molecule has 1 aromatic carbocycles. The van der Waals surface area contributed by atoms with E-state index in [4.69, 9.17) is 4.74 Å². The van der Waals surface area contributed by atoms with Crippen molar-refractivity contribution in [3.05, 3.63) is 80.7 Å². The van der Waals surface area contributed by atoms with E-state index in [0.29, 0.717) is 5.56 Å². The highest BCUT2D eigenvalue weighted by atomic mass is 32.1. The van der Waals surface area contributed by atoms with Gasteiger partial charge in [0.25, 0.3) is 5.91 Å². The maximum Gasteiger partial charge on any atom is 0.339 e. The summed E-state index contributed by atoms with van der Waals surface area (Å²) < 4.78 is 5.06. The molecule has 24 heavy (non-hydrogen) atoms. The molecule has 6 heteroatoms. The van der Waals surface area contributed by atoms with Gasteiger partial charge in [0.1, 0.15) is 0 Å². The average Bonchev–Trinajstić information content (AvgIpc) is 3.31. The third kappa shape index (κ3) is 4.10. The van der Waals surface area contributed by atoms with E-state index >= 15 is 0 Å². The van der Waals surface area contributed by atoms with Crippen molar-refractivity contribution in [2.75, 3.05) is 6.61 Å². The Morgan fingerprint density at radius 1 is 1.04 bits per heavy atom. The Kier molecular flexibility index (Phi) is 5.40. The molecule has 0 saturated heterocycles. The van der Waals surface area contributed by atoms with Crippen LogP contribution in [-0.4, -0.2) is 18.5 Å². The fourth-order valence-corrected chi connectivity index (χ4v) is 3.65. The van der Waals surface area contributed by atoms with E-state index in [-0.39, 0.29) is 18.6 Å². The van der Waals surface area contributed by atoms with Crippen LogP contribution in [0.2, 0.25) is 0 Å². The summed E-state index contributed by atoms with van der Waals surface area (Å²) in [5.41, 5.74) is 1.45. The van der Waals surface area contributed by atoms with Gasteiger partial charge in [0, 0.05) is 10.3 Å². The zero-order valence-electron chi connectivity index (χ0n) is 12.7. The molecule has 3 aromatic rings. The number of nitrogens with one attached hydrogen (secondary N) is 1. The Labute approximate surface area is 147 Å². The van der Waals surface area contributed by atoms with Crippen LogP contribution < -0.4 is 5.32 Å². The van der Waals surface area contributed by atoms with Crippen LogP contribution in [0.5, 0.6) is 0 Å². The van der Waals surface area contributed by atoms with E-state index in [0.717, 1.165) is 10.4 Å². The summed E-state index contributed by atoms with van der Waals surface area (Å²) in [6.07, 6.45) is 0. The zero-order chi connectivity index (χ0) is 16.8. The van der Waals surface area contributed by atoms with E-state index in [1.165, 1.54) is 11.3 Å². The Bertz CT molecular complexity index is 783. The van der Waals surface area contributed by atoms with Gasteiger partial charge < -0.3 is 10.1 Å². The number of rotatable bonds is 6. The summed E-state index contributed by atoms with van der Waals surface area (Å²) in [6, 6.07) is 15.0. The maximum absolute atomic E-state index is 12.2. The molecule has 0 unspecified atom stereocenters. The number of carbonyl (C=O) groups excluding carboxylic acids is 2. The second-order valence-electron chi connectivity index (χ2n) is 5.01. The molecule has 0 aliphatic carbocycles. The quantitative estimate of drug-likeness (QED) is 0.681. The predicted molar refractivity (Wildman–Crippen MR) is 95.3 cm³/mol. The van der Waals surface area contributed by atoms with Crippen LogP contribution in [0.1, 0.15) is 26.8 Å². The van der Waals surface area contributed by atoms with Crippen LogP contribution in [0.4, 0.5) is 0 Å². The van der Waals surface area contributed by atoms with Crippen molar-refractivity contribution in [2.24, 2.45) is 0 Å². The van der Waals surface area contributed by atoms with Gasteiger partial charge in [-0.05, 0) is 28.5 Å². The number of ether oxygens (including phenoxy) is 1. The normalized spacial score (nSPS) is 11.7. The molecule has 0 fully saturated rings. The number of esters is 1. The molecule has 1 atom stereocenters. The first-order valence-corrected chi connectivity index (χ1v) is 9.13. The van der Waals surface area contributed by atoms with Crippen LogP contribution in [-0.2, 0) is 9.53 Å². The van der Waals surface area contributed by atoms with Gasteiger partial charge in [0.05, 0.1) is 11.6 Å². The smallest absolute Gasteiger partial charge is 0.339 e. The maximum atomic E-state index is 12.2. The van der Waals surface area contributed by atoms with Crippen molar-refractivity contribution in [1.82, 2.24) is 5.32 Å². The lowest BCUT2D eigenvalue weighted by atomic mass is 10.1. The third-order valence-electron chi connectivity index (χ3n) is 3.36. The summed E-state index contributed by atoms with van der Waals surface area (Å²) >= 11 is 2.98. The summed E-state index contributed by atoms with van der Waals surface area (Å²) in [6.45, 7) is -0.302. The minimum Gasteiger partial charge on any atom is -0.452 e. The van der Waals surface area contributed by atoms with Gasteiger partial charge in [-0.15, -0.1) is 11.3 Å². The number of benzene rings is 1. The standard InChI is InChI=1S/C18H15NO3S2/c20-16(11-22-18(21)14-8-10-23-12-14)19-17(15-7-4-9-24-15)13-5-2-1-3-6-13/h1-10,12,17H,11H2,(H,19,20)/t17-/m1/s1. The molecule has 2 aromatic heterocycles. The van der Waals surface area contributed by atoms with Gasteiger partial charge >= 0.3 is 5.97 Å². The molecule has 0 radical (unpaired) electrons. The minimum atomic E-state index is -0.487. The van der Waals surface area contributed by atoms with E-state index in [1.54, 1.807) is 28.2 Å². The highest BCUT2D eigenvalue weighted by Gasteiger charge is 2.19. The van der Waals surface area contributed by atoms with Crippen molar-refractivity contribution in [2.45, 2.75) is 6.04 Å². The van der Waals surface area contributed by atoms with Gasteiger partial charge in [0.2, 0.25) is 0 Å². The van der Waals surface area contributed by atoms with Gasteiger partial charge in [-0.1, -0.05) is 36.4 Å². The molecule has 0 aliphatic rings. The number of hydrogen-bond donors (Lipinski definition) is 1. The lowest BCUT2D eigenvalue weighted by Crippen LogP contribution is -2.32. The Balaban J connectivity index is 1.65. The van der Waals surface area contributed by atoms with Gasteiger partial charge in [-0.3, -0.25) is 4.79 Å². The van der Waals surface area contributed by atoms with Crippen molar-refractivity contribution in [1.29, 1.82) is 0 Å². The lowest BCUT2D eigenvalue weighted by Gasteiger charge is -2.18. The highest BCUT2D eigenvalue weighted by Crippen LogP contribution is 2.25. The molecule has 4 nitrogen and oxygen atoms in total. The topological polar surface area (TPSA) is 55.4 Å². The van der Waals surface area contributed by atoms with Crippen molar-refractivity contribution >= 4 is 34.6 Å². The largest absolute Gasteiger partial charge is 0.452 e. The number of amides is 1. The summed E-state index contributed by atoms with van der Waals surface area (Å²) in [7, 11) is 0. The number of carbonyl (C=O) groups is 2. The van der Waals surface area contributed by atoms with Crippen LogP contribution >= 0.6 is 22.7 Å². The highest BCUT2D eigenvalue weighted by molar-refractivity contribution is 7.10. The van der Waals surface area contributed by atoms with E-state index in [9.17, 15) is 9.59 Å². The first-order valence-electron chi connectivity index (χ1n) is 7.31. The Hall–Kier alpha value is -2.44. The van der Waals surface area contributed by atoms with Crippen LogP contribution in [0.15, 0.2) is 64.7 Å². The molecule has 0 bridgehead atoms. The van der Waals surface area contributed by atoms with Gasteiger partial charge in [-0.25, -0.2) is 4.79 Å².